The summed E-state index contributed by atoms with van der Waals surface area (Å²) in [6, 6.07) is 6.20. The van der Waals surface area contributed by atoms with Crippen LogP contribution in [-0.4, -0.2) is 24.3 Å². The number of amides is 1. The molecule has 2 rings (SSSR count). The fraction of sp³-hybridized carbons (Fsp3) is 0.417. The first-order valence-electron chi connectivity index (χ1n) is 5.46. The van der Waals surface area contributed by atoms with Crippen molar-refractivity contribution in [2.45, 2.75) is 13.3 Å². The van der Waals surface area contributed by atoms with Crippen molar-refractivity contribution in [2.24, 2.45) is 5.92 Å². The van der Waals surface area contributed by atoms with Gasteiger partial charge in [-0.15, -0.1) is 0 Å². The van der Waals surface area contributed by atoms with E-state index in [1.807, 2.05) is 6.07 Å². The van der Waals surface area contributed by atoms with Gasteiger partial charge >= 0.3 is 6.09 Å². The lowest BCUT2D eigenvalue weighted by Gasteiger charge is -2.27. The number of fused-ring (bicyclic) bond motifs is 1. The van der Waals surface area contributed by atoms with Gasteiger partial charge in [0.2, 0.25) is 0 Å². The summed E-state index contributed by atoms with van der Waals surface area (Å²) in [7, 11) is 0. The van der Waals surface area contributed by atoms with Gasteiger partial charge in [-0.25, -0.2) is 4.79 Å². The van der Waals surface area contributed by atoms with Gasteiger partial charge in [0.15, 0.2) is 0 Å². The topological polar surface area (TPSA) is 61.4 Å². The van der Waals surface area contributed by atoms with Crippen molar-refractivity contribution in [3.05, 3.63) is 29.3 Å². The van der Waals surface area contributed by atoms with Crippen molar-refractivity contribution in [3.63, 3.8) is 0 Å². The molecule has 1 aromatic rings. The summed E-state index contributed by atoms with van der Waals surface area (Å²) in [6.45, 7) is 3.43. The minimum absolute atomic E-state index is 0.338. The maximum absolute atomic E-state index is 10.4. The molecule has 86 valence electrons. The van der Waals surface area contributed by atoms with E-state index < -0.39 is 6.09 Å². The van der Waals surface area contributed by atoms with Crippen molar-refractivity contribution < 1.29 is 9.90 Å². The number of hydrogen-bond donors (Lipinski definition) is 3. The Morgan fingerprint density at radius 1 is 1.62 bits per heavy atom. The summed E-state index contributed by atoms with van der Waals surface area (Å²) >= 11 is 0. The van der Waals surface area contributed by atoms with Crippen molar-refractivity contribution in [2.75, 3.05) is 18.4 Å². The molecule has 0 saturated carbocycles. The normalized spacial score (nSPS) is 18.4. The second-order valence-corrected chi connectivity index (χ2v) is 4.24. The second kappa shape index (κ2) is 4.43. The van der Waals surface area contributed by atoms with Crippen LogP contribution in [0.3, 0.4) is 0 Å². The van der Waals surface area contributed by atoms with E-state index in [9.17, 15) is 4.79 Å². The zero-order valence-corrected chi connectivity index (χ0v) is 9.29. The molecular weight excluding hydrogens is 204 g/mol. The lowest BCUT2D eigenvalue weighted by molar-refractivity contribution is 0.192. The van der Waals surface area contributed by atoms with Crippen LogP contribution in [0.4, 0.5) is 10.5 Å². The Morgan fingerprint density at radius 2 is 2.44 bits per heavy atom. The van der Waals surface area contributed by atoms with Crippen LogP contribution in [0, 0.1) is 12.8 Å². The summed E-state index contributed by atoms with van der Waals surface area (Å²) < 4.78 is 0. The highest BCUT2D eigenvalue weighted by molar-refractivity contribution is 5.64. The summed E-state index contributed by atoms with van der Waals surface area (Å²) in [5.74, 6) is 0.338. The van der Waals surface area contributed by atoms with E-state index in [0.717, 1.165) is 13.0 Å². The Labute approximate surface area is 94.7 Å². The number of rotatable bonds is 2. The molecule has 0 saturated heterocycles. The summed E-state index contributed by atoms with van der Waals surface area (Å²) in [4.78, 5) is 10.4. The van der Waals surface area contributed by atoms with Crippen LogP contribution in [0.1, 0.15) is 11.1 Å². The van der Waals surface area contributed by atoms with Crippen LogP contribution in [0.15, 0.2) is 18.2 Å². The lowest BCUT2D eigenvalue weighted by Crippen LogP contribution is -2.35. The predicted molar refractivity (Wildman–Crippen MR) is 62.9 cm³/mol. The molecule has 3 N–H and O–H groups in total. The average Bonchev–Trinajstić information content (AvgIpc) is 2.27. The molecule has 1 atom stereocenters. The Balaban J connectivity index is 2.05. The molecule has 1 amide bonds. The number of carboxylic acid groups (broad SMARTS) is 1. The quantitative estimate of drug-likeness (QED) is 0.712. The molecule has 1 unspecified atom stereocenters. The van der Waals surface area contributed by atoms with Gasteiger partial charge in [0.05, 0.1) is 0 Å². The van der Waals surface area contributed by atoms with E-state index in [2.05, 4.69) is 29.7 Å². The maximum atomic E-state index is 10.4. The molecule has 1 aromatic carbocycles. The second-order valence-electron chi connectivity index (χ2n) is 4.24. The van der Waals surface area contributed by atoms with Crippen LogP contribution in [-0.2, 0) is 6.42 Å². The average molecular weight is 220 g/mol. The Morgan fingerprint density at radius 3 is 3.19 bits per heavy atom. The highest BCUT2D eigenvalue weighted by Crippen LogP contribution is 2.26. The third kappa shape index (κ3) is 2.27. The van der Waals surface area contributed by atoms with E-state index in [0.29, 0.717) is 12.5 Å². The van der Waals surface area contributed by atoms with Crippen molar-refractivity contribution in [3.8, 4) is 0 Å². The molecule has 1 aliphatic rings. The van der Waals surface area contributed by atoms with Crippen molar-refractivity contribution in [1.29, 1.82) is 0 Å². The van der Waals surface area contributed by atoms with Gasteiger partial charge in [0.1, 0.15) is 0 Å². The molecule has 0 aromatic heterocycles. The molecule has 0 bridgehead atoms. The van der Waals surface area contributed by atoms with Gasteiger partial charge in [0, 0.05) is 18.8 Å². The Hall–Kier alpha value is -1.71. The van der Waals surface area contributed by atoms with Crippen LogP contribution >= 0.6 is 0 Å². The number of nitrogens with one attached hydrogen (secondary N) is 2. The van der Waals surface area contributed by atoms with Gasteiger partial charge < -0.3 is 15.7 Å². The first-order chi connectivity index (χ1) is 7.66. The fourth-order valence-electron chi connectivity index (χ4n) is 2.13. The molecular formula is C12H16N2O2. The number of aryl methyl sites for hydroxylation is 1. The molecule has 0 aliphatic carbocycles. The monoisotopic (exact) mass is 220 g/mol. The Kier molecular flexibility index (Phi) is 2.99. The van der Waals surface area contributed by atoms with E-state index in [4.69, 9.17) is 5.11 Å². The van der Waals surface area contributed by atoms with Crippen LogP contribution in [0.2, 0.25) is 0 Å². The summed E-state index contributed by atoms with van der Waals surface area (Å²) in [5, 5.41) is 14.3. The molecule has 0 radical (unpaired) electrons. The first-order valence-corrected chi connectivity index (χ1v) is 5.46. The van der Waals surface area contributed by atoms with E-state index in [1.165, 1.54) is 16.8 Å². The van der Waals surface area contributed by atoms with Crippen LogP contribution < -0.4 is 10.6 Å². The molecule has 4 heteroatoms. The van der Waals surface area contributed by atoms with Crippen molar-refractivity contribution in [1.82, 2.24) is 5.32 Å². The standard InChI is InChI=1S/C12H16N2O2/c1-8-3-2-4-11-10(8)5-9(6-13-11)7-14-12(15)16/h2-4,9,13-14H,5-7H2,1H3,(H,15,16). The molecule has 0 spiro atoms. The van der Waals surface area contributed by atoms with Gasteiger partial charge in [-0.2, -0.15) is 0 Å². The predicted octanol–water partition coefficient (Wildman–Crippen LogP) is 1.85. The smallest absolute Gasteiger partial charge is 0.404 e. The van der Waals surface area contributed by atoms with E-state index >= 15 is 0 Å². The SMILES string of the molecule is Cc1cccc2c1CC(CNC(=O)O)CN2. The van der Waals surface area contributed by atoms with Gasteiger partial charge in [0.25, 0.3) is 0 Å². The highest BCUT2D eigenvalue weighted by atomic mass is 16.4. The number of hydrogen-bond acceptors (Lipinski definition) is 2. The molecule has 16 heavy (non-hydrogen) atoms. The first kappa shape index (κ1) is 10.8. The summed E-state index contributed by atoms with van der Waals surface area (Å²) in [6.07, 6.45) is -0.00877. The zero-order chi connectivity index (χ0) is 11.5. The van der Waals surface area contributed by atoms with Crippen molar-refractivity contribution >= 4 is 11.8 Å². The third-order valence-electron chi connectivity index (χ3n) is 3.03. The summed E-state index contributed by atoms with van der Waals surface area (Å²) in [5.41, 5.74) is 3.77. The molecule has 4 nitrogen and oxygen atoms in total. The maximum Gasteiger partial charge on any atom is 0.404 e. The number of anilines is 1. The fourth-order valence-corrected chi connectivity index (χ4v) is 2.13. The van der Waals surface area contributed by atoms with Crippen LogP contribution in [0.25, 0.3) is 0 Å². The molecule has 0 fully saturated rings. The lowest BCUT2D eigenvalue weighted by atomic mass is 9.91. The van der Waals surface area contributed by atoms with E-state index in [1.54, 1.807) is 0 Å². The Bertz CT molecular complexity index is 404. The van der Waals surface area contributed by atoms with Gasteiger partial charge in [-0.3, -0.25) is 0 Å². The highest BCUT2D eigenvalue weighted by Gasteiger charge is 2.19. The van der Waals surface area contributed by atoms with Crippen LogP contribution in [0.5, 0.6) is 0 Å². The largest absolute Gasteiger partial charge is 0.465 e. The van der Waals surface area contributed by atoms with Gasteiger partial charge in [-0.05, 0) is 36.5 Å². The third-order valence-corrected chi connectivity index (χ3v) is 3.03. The van der Waals surface area contributed by atoms with E-state index in [-0.39, 0.29) is 0 Å². The van der Waals surface area contributed by atoms with Gasteiger partial charge in [-0.1, -0.05) is 12.1 Å². The molecule has 1 aliphatic heterocycles. The minimum Gasteiger partial charge on any atom is -0.465 e. The molecule has 1 heterocycles. The minimum atomic E-state index is -0.949. The number of carbonyl (C=O) groups is 1. The number of benzene rings is 1. The zero-order valence-electron chi connectivity index (χ0n) is 9.29.